The zero-order valence-electron chi connectivity index (χ0n) is 11.4. The second-order valence-corrected chi connectivity index (χ2v) is 5.26. The maximum absolute atomic E-state index is 9.06. The lowest BCUT2D eigenvalue weighted by Crippen LogP contribution is -2.12. The summed E-state index contributed by atoms with van der Waals surface area (Å²) in [7, 11) is 1.92. The van der Waals surface area contributed by atoms with E-state index in [0.29, 0.717) is 17.1 Å². The largest absolute Gasteiger partial charge is 0.455 e. The summed E-state index contributed by atoms with van der Waals surface area (Å²) in [6.07, 6.45) is 0. The van der Waals surface area contributed by atoms with Crippen molar-refractivity contribution in [2.24, 2.45) is 0 Å². The van der Waals surface area contributed by atoms with E-state index >= 15 is 0 Å². The van der Waals surface area contributed by atoms with Crippen LogP contribution in [0, 0.1) is 11.3 Å². The molecule has 20 heavy (non-hydrogen) atoms. The van der Waals surface area contributed by atoms with Gasteiger partial charge in [0.1, 0.15) is 17.6 Å². The van der Waals surface area contributed by atoms with Gasteiger partial charge in [0.25, 0.3) is 0 Å². The molecule has 2 aromatic carbocycles. The third-order valence-corrected chi connectivity index (χ3v) is 3.74. The van der Waals surface area contributed by atoms with Crippen LogP contribution in [-0.2, 0) is 0 Å². The van der Waals surface area contributed by atoms with Crippen LogP contribution in [0.15, 0.2) is 46.9 Å². The van der Waals surface area contributed by atoms with Crippen molar-refractivity contribution in [2.75, 3.05) is 7.05 Å². The number of ether oxygens (including phenoxy) is 1. The van der Waals surface area contributed by atoms with Crippen molar-refractivity contribution in [1.29, 1.82) is 5.26 Å². The van der Waals surface area contributed by atoms with Crippen molar-refractivity contribution >= 4 is 15.9 Å². The van der Waals surface area contributed by atoms with Crippen LogP contribution in [0.2, 0.25) is 0 Å². The van der Waals surface area contributed by atoms with Crippen molar-refractivity contribution in [3.05, 3.63) is 58.1 Å². The molecule has 0 heterocycles. The third-order valence-electron chi connectivity index (χ3n) is 3.12. The van der Waals surface area contributed by atoms with Gasteiger partial charge in [0.15, 0.2) is 0 Å². The molecule has 0 amide bonds. The molecule has 2 aromatic rings. The second-order valence-electron chi connectivity index (χ2n) is 4.41. The number of hydrogen-bond donors (Lipinski definition) is 1. The van der Waals surface area contributed by atoms with E-state index in [2.05, 4.69) is 34.2 Å². The number of para-hydroxylation sites is 1. The van der Waals surface area contributed by atoms with Crippen LogP contribution in [0.1, 0.15) is 24.1 Å². The van der Waals surface area contributed by atoms with Crippen LogP contribution in [0.25, 0.3) is 0 Å². The summed E-state index contributed by atoms with van der Waals surface area (Å²) >= 11 is 3.51. The second kappa shape index (κ2) is 6.56. The predicted octanol–water partition coefficient (Wildman–Crippen LogP) is 4.39. The van der Waals surface area contributed by atoms with E-state index in [1.54, 1.807) is 12.1 Å². The van der Waals surface area contributed by atoms with E-state index < -0.39 is 0 Å². The maximum atomic E-state index is 9.06. The SMILES string of the molecule is CNC(C)c1ccc(Oc2ccccc2C#N)c(Br)c1. The first-order valence-corrected chi connectivity index (χ1v) is 7.08. The molecule has 4 heteroatoms. The van der Waals surface area contributed by atoms with Gasteiger partial charge >= 0.3 is 0 Å². The molecule has 3 nitrogen and oxygen atoms in total. The summed E-state index contributed by atoms with van der Waals surface area (Å²) in [6.45, 7) is 2.09. The molecule has 1 atom stereocenters. The number of nitrogens with zero attached hydrogens (tertiary/aromatic N) is 1. The predicted molar refractivity (Wildman–Crippen MR) is 82.8 cm³/mol. The highest BCUT2D eigenvalue weighted by molar-refractivity contribution is 9.10. The molecule has 0 spiro atoms. The molecule has 0 saturated heterocycles. The van der Waals surface area contributed by atoms with Crippen molar-refractivity contribution in [3.63, 3.8) is 0 Å². The van der Waals surface area contributed by atoms with Gasteiger partial charge in [-0.2, -0.15) is 5.26 Å². The molecule has 2 rings (SSSR count). The zero-order chi connectivity index (χ0) is 14.5. The number of nitrogens with one attached hydrogen (secondary N) is 1. The molecule has 0 bridgehead atoms. The van der Waals surface area contributed by atoms with Crippen molar-refractivity contribution < 1.29 is 4.74 Å². The zero-order valence-corrected chi connectivity index (χ0v) is 12.9. The summed E-state index contributed by atoms with van der Waals surface area (Å²) in [4.78, 5) is 0. The Morgan fingerprint density at radius 2 is 1.95 bits per heavy atom. The van der Waals surface area contributed by atoms with Crippen LogP contribution in [0.4, 0.5) is 0 Å². The average molecular weight is 331 g/mol. The standard InChI is InChI=1S/C16H15BrN2O/c1-11(19-2)12-7-8-16(14(17)9-12)20-15-6-4-3-5-13(15)10-18/h3-9,11,19H,1-2H3. The summed E-state index contributed by atoms with van der Waals surface area (Å²) in [5, 5.41) is 12.3. The smallest absolute Gasteiger partial charge is 0.145 e. The molecular weight excluding hydrogens is 316 g/mol. The Bertz CT molecular complexity index is 649. The van der Waals surface area contributed by atoms with Crippen LogP contribution < -0.4 is 10.1 Å². The minimum Gasteiger partial charge on any atom is -0.455 e. The fraction of sp³-hybridized carbons (Fsp3) is 0.188. The fourth-order valence-electron chi connectivity index (χ4n) is 1.80. The number of nitriles is 1. The molecule has 0 saturated carbocycles. The summed E-state index contributed by atoms with van der Waals surface area (Å²) in [5.41, 5.74) is 1.69. The lowest BCUT2D eigenvalue weighted by molar-refractivity contribution is 0.477. The first-order valence-electron chi connectivity index (χ1n) is 6.29. The quantitative estimate of drug-likeness (QED) is 0.903. The average Bonchev–Trinajstić information content (AvgIpc) is 2.49. The van der Waals surface area contributed by atoms with Crippen LogP contribution in [-0.4, -0.2) is 7.05 Å². The van der Waals surface area contributed by atoms with Gasteiger partial charge in [0.2, 0.25) is 0 Å². The van der Waals surface area contributed by atoms with Gasteiger partial charge in [-0.3, -0.25) is 0 Å². The van der Waals surface area contributed by atoms with Gasteiger partial charge in [-0.1, -0.05) is 18.2 Å². The number of halogens is 1. The van der Waals surface area contributed by atoms with Crippen LogP contribution >= 0.6 is 15.9 Å². The lowest BCUT2D eigenvalue weighted by atomic mass is 10.1. The highest BCUT2D eigenvalue weighted by Gasteiger charge is 2.09. The number of rotatable bonds is 4. The first-order chi connectivity index (χ1) is 9.65. The number of benzene rings is 2. The van der Waals surface area contributed by atoms with E-state index in [9.17, 15) is 0 Å². The molecular formula is C16H15BrN2O. The molecule has 0 radical (unpaired) electrons. The molecule has 0 aliphatic carbocycles. The van der Waals surface area contributed by atoms with Crippen LogP contribution in [0.3, 0.4) is 0 Å². The summed E-state index contributed by atoms with van der Waals surface area (Å²) < 4.78 is 6.68. The van der Waals surface area contributed by atoms with Gasteiger partial charge in [-0.05, 0) is 59.7 Å². The Hall–Kier alpha value is -1.83. The molecule has 0 aromatic heterocycles. The van der Waals surface area contributed by atoms with Gasteiger partial charge in [0.05, 0.1) is 10.0 Å². The van der Waals surface area contributed by atoms with Gasteiger partial charge in [-0.15, -0.1) is 0 Å². The fourth-order valence-corrected chi connectivity index (χ4v) is 2.28. The Morgan fingerprint density at radius 3 is 2.60 bits per heavy atom. The normalized spacial score (nSPS) is 11.7. The highest BCUT2D eigenvalue weighted by Crippen LogP contribution is 2.33. The Kier molecular flexibility index (Phi) is 4.78. The van der Waals surface area contributed by atoms with E-state index in [-0.39, 0.29) is 6.04 Å². The summed E-state index contributed by atoms with van der Waals surface area (Å²) in [5.74, 6) is 1.25. The molecule has 0 fully saturated rings. The summed E-state index contributed by atoms with van der Waals surface area (Å²) in [6, 6.07) is 15.5. The van der Waals surface area contributed by atoms with Gasteiger partial charge < -0.3 is 10.1 Å². The van der Waals surface area contributed by atoms with E-state index in [4.69, 9.17) is 10.00 Å². The molecule has 0 aliphatic heterocycles. The molecule has 1 N–H and O–H groups in total. The van der Waals surface area contributed by atoms with Crippen molar-refractivity contribution in [3.8, 4) is 17.6 Å². The molecule has 0 aliphatic rings. The topological polar surface area (TPSA) is 45.0 Å². The van der Waals surface area contributed by atoms with Gasteiger partial charge in [-0.25, -0.2) is 0 Å². The Balaban J connectivity index is 2.29. The van der Waals surface area contributed by atoms with Gasteiger partial charge in [0, 0.05) is 6.04 Å². The van der Waals surface area contributed by atoms with Crippen molar-refractivity contribution in [2.45, 2.75) is 13.0 Å². The van der Waals surface area contributed by atoms with E-state index in [0.717, 1.165) is 4.47 Å². The monoisotopic (exact) mass is 330 g/mol. The van der Waals surface area contributed by atoms with E-state index in [1.165, 1.54) is 5.56 Å². The van der Waals surface area contributed by atoms with E-state index in [1.807, 2.05) is 37.4 Å². The Labute approximate surface area is 127 Å². The number of hydrogen-bond acceptors (Lipinski definition) is 3. The maximum Gasteiger partial charge on any atom is 0.145 e. The minimum absolute atomic E-state index is 0.270. The molecule has 102 valence electrons. The lowest BCUT2D eigenvalue weighted by Gasteiger charge is -2.14. The minimum atomic E-state index is 0.270. The highest BCUT2D eigenvalue weighted by atomic mass is 79.9. The van der Waals surface area contributed by atoms with Crippen molar-refractivity contribution in [1.82, 2.24) is 5.32 Å². The first kappa shape index (κ1) is 14.6. The Morgan fingerprint density at radius 1 is 1.20 bits per heavy atom. The molecule has 1 unspecified atom stereocenters. The third kappa shape index (κ3) is 3.19. The van der Waals surface area contributed by atoms with Crippen LogP contribution in [0.5, 0.6) is 11.5 Å².